The average Bonchev–Trinajstić information content (AvgIpc) is 3.15. The molecule has 18 heavy (non-hydrogen) atoms. The second-order valence-corrected chi connectivity index (χ2v) is 5.26. The van der Waals surface area contributed by atoms with Gasteiger partial charge in [0.2, 0.25) is 5.91 Å². The first-order chi connectivity index (χ1) is 8.70. The molecule has 1 unspecified atom stereocenters. The van der Waals surface area contributed by atoms with Crippen LogP contribution in [0.15, 0.2) is 12.2 Å². The molecule has 3 nitrogen and oxygen atoms in total. The lowest BCUT2D eigenvalue weighted by molar-refractivity contribution is -0.117. The Bertz CT molecular complexity index is 259. The van der Waals surface area contributed by atoms with E-state index in [1.807, 2.05) is 0 Å². The molecule has 0 bridgehead atoms. The van der Waals surface area contributed by atoms with Gasteiger partial charge < -0.3 is 10.1 Å². The normalized spacial score (nSPS) is 17.5. The van der Waals surface area contributed by atoms with E-state index >= 15 is 0 Å². The SMILES string of the molecule is C=C(C)C(=O)NCCCCCCCCCC1CO1. The van der Waals surface area contributed by atoms with E-state index < -0.39 is 0 Å². The van der Waals surface area contributed by atoms with Crippen molar-refractivity contribution in [3.8, 4) is 0 Å². The van der Waals surface area contributed by atoms with Crippen molar-refractivity contribution in [2.75, 3.05) is 13.2 Å². The number of nitrogens with one attached hydrogen (secondary N) is 1. The van der Waals surface area contributed by atoms with Crippen LogP contribution in [0.2, 0.25) is 0 Å². The number of unbranched alkanes of at least 4 members (excludes halogenated alkanes) is 6. The van der Waals surface area contributed by atoms with Gasteiger partial charge in [-0.1, -0.05) is 45.1 Å². The predicted octanol–water partition coefficient (Wildman–Crippen LogP) is 3.20. The summed E-state index contributed by atoms with van der Waals surface area (Å²) in [5.74, 6) is -0.0164. The van der Waals surface area contributed by atoms with Gasteiger partial charge in [0.1, 0.15) is 0 Å². The highest BCUT2D eigenvalue weighted by atomic mass is 16.6. The van der Waals surface area contributed by atoms with Crippen molar-refractivity contribution >= 4 is 5.91 Å². The third-order valence-electron chi connectivity index (χ3n) is 3.28. The van der Waals surface area contributed by atoms with Crippen LogP contribution in [0, 0.1) is 0 Å². The van der Waals surface area contributed by atoms with Gasteiger partial charge in [-0.2, -0.15) is 0 Å². The summed E-state index contributed by atoms with van der Waals surface area (Å²) in [6.45, 7) is 7.12. The van der Waals surface area contributed by atoms with Gasteiger partial charge in [-0.25, -0.2) is 0 Å². The second-order valence-electron chi connectivity index (χ2n) is 5.26. The Labute approximate surface area is 111 Å². The third-order valence-corrected chi connectivity index (χ3v) is 3.28. The minimum absolute atomic E-state index is 0.0164. The molecule has 1 aliphatic heterocycles. The fourth-order valence-corrected chi connectivity index (χ4v) is 1.97. The van der Waals surface area contributed by atoms with Crippen molar-refractivity contribution in [3.05, 3.63) is 12.2 Å². The Kier molecular flexibility index (Phi) is 7.74. The summed E-state index contributed by atoms with van der Waals surface area (Å²) in [4.78, 5) is 11.2. The maximum absolute atomic E-state index is 11.2. The van der Waals surface area contributed by atoms with E-state index in [0.717, 1.165) is 19.6 Å². The molecule has 1 amide bonds. The van der Waals surface area contributed by atoms with Crippen LogP contribution in [0.4, 0.5) is 0 Å². The van der Waals surface area contributed by atoms with E-state index in [1.165, 1.54) is 44.9 Å². The van der Waals surface area contributed by atoms with Gasteiger partial charge in [-0.15, -0.1) is 0 Å². The topological polar surface area (TPSA) is 41.6 Å². The van der Waals surface area contributed by atoms with Gasteiger partial charge in [0.15, 0.2) is 0 Å². The Morgan fingerprint density at radius 2 is 1.72 bits per heavy atom. The smallest absolute Gasteiger partial charge is 0.246 e. The Morgan fingerprint density at radius 3 is 2.28 bits per heavy atom. The summed E-state index contributed by atoms with van der Waals surface area (Å²) in [5.41, 5.74) is 0.592. The summed E-state index contributed by atoms with van der Waals surface area (Å²) in [7, 11) is 0. The Hall–Kier alpha value is -0.830. The number of carbonyl (C=O) groups is 1. The van der Waals surface area contributed by atoms with Gasteiger partial charge in [0.25, 0.3) is 0 Å². The fraction of sp³-hybridized carbons (Fsp3) is 0.800. The molecule has 0 aromatic rings. The highest BCUT2D eigenvalue weighted by molar-refractivity contribution is 5.91. The van der Waals surface area contributed by atoms with Gasteiger partial charge >= 0.3 is 0 Å². The lowest BCUT2D eigenvalue weighted by Gasteiger charge is -2.04. The van der Waals surface area contributed by atoms with Crippen molar-refractivity contribution in [2.45, 2.75) is 64.4 Å². The van der Waals surface area contributed by atoms with Crippen molar-refractivity contribution < 1.29 is 9.53 Å². The number of epoxide rings is 1. The van der Waals surface area contributed by atoms with E-state index in [4.69, 9.17) is 4.74 Å². The molecule has 1 heterocycles. The van der Waals surface area contributed by atoms with E-state index in [0.29, 0.717) is 11.7 Å². The number of carbonyl (C=O) groups excluding carboxylic acids is 1. The molecular formula is C15H27NO2. The van der Waals surface area contributed by atoms with Crippen LogP contribution in [0.3, 0.4) is 0 Å². The predicted molar refractivity (Wildman–Crippen MR) is 74.5 cm³/mol. The average molecular weight is 253 g/mol. The van der Waals surface area contributed by atoms with Crippen LogP contribution >= 0.6 is 0 Å². The van der Waals surface area contributed by atoms with Crippen molar-refractivity contribution in [2.24, 2.45) is 0 Å². The molecule has 1 rings (SSSR count). The van der Waals surface area contributed by atoms with Crippen LogP contribution in [-0.2, 0) is 9.53 Å². The molecule has 1 saturated heterocycles. The minimum atomic E-state index is -0.0164. The number of hydrogen-bond donors (Lipinski definition) is 1. The summed E-state index contributed by atoms with van der Waals surface area (Å²) in [6.07, 6.45) is 10.7. The fourth-order valence-electron chi connectivity index (χ4n) is 1.97. The lowest BCUT2D eigenvalue weighted by atomic mass is 10.1. The van der Waals surface area contributed by atoms with Gasteiger partial charge in [0, 0.05) is 12.1 Å². The van der Waals surface area contributed by atoms with Gasteiger partial charge in [0.05, 0.1) is 12.7 Å². The van der Waals surface area contributed by atoms with Crippen molar-refractivity contribution in [1.82, 2.24) is 5.32 Å². The molecule has 1 fully saturated rings. The molecule has 1 aliphatic rings. The van der Waals surface area contributed by atoms with E-state index in [-0.39, 0.29) is 5.91 Å². The van der Waals surface area contributed by atoms with Crippen molar-refractivity contribution in [1.29, 1.82) is 0 Å². The molecule has 0 aromatic heterocycles. The second kappa shape index (κ2) is 9.15. The molecule has 104 valence electrons. The van der Waals surface area contributed by atoms with Gasteiger partial charge in [-0.05, 0) is 19.8 Å². The minimum Gasteiger partial charge on any atom is -0.373 e. The number of hydrogen-bond acceptors (Lipinski definition) is 2. The third kappa shape index (κ3) is 8.29. The van der Waals surface area contributed by atoms with Crippen LogP contribution in [0.5, 0.6) is 0 Å². The summed E-state index contributed by atoms with van der Waals surface area (Å²) < 4.78 is 5.18. The summed E-state index contributed by atoms with van der Waals surface area (Å²) in [6, 6.07) is 0. The maximum atomic E-state index is 11.2. The largest absolute Gasteiger partial charge is 0.373 e. The highest BCUT2D eigenvalue weighted by Crippen LogP contribution is 2.18. The first-order valence-electron chi connectivity index (χ1n) is 7.25. The van der Waals surface area contributed by atoms with E-state index in [1.54, 1.807) is 6.92 Å². The molecule has 3 heteroatoms. The van der Waals surface area contributed by atoms with Crippen LogP contribution < -0.4 is 5.32 Å². The maximum Gasteiger partial charge on any atom is 0.246 e. The molecule has 0 radical (unpaired) electrons. The zero-order valence-electron chi connectivity index (χ0n) is 11.7. The van der Waals surface area contributed by atoms with Crippen LogP contribution in [0.25, 0.3) is 0 Å². The molecule has 0 aliphatic carbocycles. The first kappa shape index (κ1) is 15.2. The first-order valence-corrected chi connectivity index (χ1v) is 7.25. The quantitative estimate of drug-likeness (QED) is 0.349. The number of ether oxygens (including phenoxy) is 1. The van der Waals surface area contributed by atoms with Crippen LogP contribution in [0.1, 0.15) is 58.3 Å². The van der Waals surface area contributed by atoms with E-state index in [2.05, 4.69) is 11.9 Å². The molecule has 0 aromatic carbocycles. The molecule has 0 spiro atoms. The summed E-state index contributed by atoms with van der Waals surface area (Å²) in [5, 5.41) is 2.86. The number of amides is 1. The molecule has 0 saturated carbocycles. The summed E-state index contributed by atoms with van der Waals surface area (Å²) >= 11 is 0. The molecular weight excluding hydrogens is 226 g/mol. The number of rotatable bonds is 11. The molecule has 1 N–H and O–H groups in total. The Morgan fingerprint density at radius 1 is 1.17 bits per heavy atom. The standard InChI is InChI=1S/C15H27NO2/c1-13(2)15(17)16-11-9-7-5-3-4-6-8-10-14-12-18-14/h14H,1,3-12H2,2H3,(H,16,17). The van der Waals surface area contributed by atoms with Crippen molar-refractivity contribution in [3.63, 3.8) is 0 Å². The van der Waals surface area contributed by atoms with Crippen LogP contribution in [-0.4, -0.2) is 25.2 Å². The Balaban J connectivity index is 1.72. The zero-order chi connectivity index (χ0) is 13.2. The zero-order valence-corrected chi connectivity index (χ0v) is 11.7. The lowest BCUT2D eigenvalue weighted by Crippen LogP contribution is -2.24. The molecule has 1 atom stereocenters. The monoisotopic (exact) mass is 253 g/mol. The van der Waals surface area contributed by atoms with E-state index in [9.17, 15) is 4.79 Å². The highest BCUT2D eigenvalue weighted by Gasteiger charge is 2.20. The van der Waals surface area contributed by atoms with Gasteiger partial charge in [-0.3, -0.25) is 4.79 Å².